The molecule has 0 saturated carbocycles. The summed E-state index contributed by atoms with van der Waals surface area (Å²) in [5.74, 6) is 0. The maximum Gasteiger partial charge on any atom is 0.171 e. The molecule has 0 aliphatic carbocycles. The fourth-order valence-corrected chi connectivity index (χ4v) is 8.09. The molecule has 0 unspecified atom stereocenters. The third-order valence-electron chi connectivity index (χ3n) is 7.47. The summed E-state index contributed by atoms with van der Waals surface area (Å²) in [7, 11) is -3.13. The highest BCUT2D eigenvalue weighted by Crippen LogP contribution is 2.43. The van der Waals surface area contributed by atoms with Gasteiger partial charge in [-0.3, -0.25) is 9.97 Å². The quantitative estimate of drug-likeness (QED) is 0.213. The van der Waals surface area contributed by atoms with Crippen molar-refractivity contribution in [2.45, 2.75) is 0 Å². The standard InChI is InChI=1S/C36H25N2OP/c39-40(30-12-2-1-3-13-30,31-20-16-26(17-21-31)33-14-4-8-28-10-6-24-37-35(28)33)32-22-18-27(19-23-32)34-15-5-9-29-11-7-25-38-36(29)34/h1-25H. The van der Waals surface area contributed by atoms with E-state index in [2.05, 4.69) is 82.8 Å². The Morgan fingerprint density at radius 1 is 0.400 bits per heavy atom. The second-order valence-corrected chi connectivity index (χ2v) is 12.6. The van der Waals surface area contributed by atoms with Crippen molar-refractivity contribution in [3.63, 3.8) is 0 Å². The first-order chi connectivity index (χ1) is 19.7. The van der Waals surface area contributed by atoms with Crippen LogP contribution in [0.2, 0.25) is 0 Å². The second kappa shape index (κ2) is 10.0. The van der Waals surface area contributed by atoms with Crippen molar-refractivity contribution in [3.05, 3.63) is 152 Å². The van der Waals surface area contributed by atoms with Gasteiger partial charge in [0, 0.05) is 50.2 Å². The fourth-order valence-electron chi connectivity index (χ4n) is 5.46. The average molecular weight is 533 g/mol. The lowest BCUT2D eigenvalue weighted by Crippen LogP contribution is -2.25. The molecule has 7 rings (SSSR count). The third kappa shape index (κ3) is 4.12. The highest BCUT2D eigenvalue weighted by Gasteiger charge is 2.29. The van der Waals surface area contributed by atoms with Gasteiger partial charge in [-0.2, -0.15) is 0 Å². The molecule has 40 heavy (non-hydrogen) atoms. The average Bonchev–Trinajstić information content (AvgIpc) is 3.04. The lowest BCUT2D eigenvalue weighted by atomic mass is 10.0. The van der Waals surface area contributed by atoms with E-state index in [-0.39, 0.29) is 0 Å². The van der Waals surface area contributed by atoms with Gasteiger partial charge in [-0.25, -0.2) is 0 Å². The summed E-state index contributed by atoms with van der Waals surface area (Å²) < 4.78 is 15.1. The summed E-state index contributed by atoms with van der Waals surface area (Å²) >= 11 is 0. The van der Waals surface area contributed by atoms with Crippen LogP contribution in [0.15, 0.2) is 152 Å². The van der Waals surface area contributed by atoms with E-state index in [1.807, 2.05) is 79.1 Å². The number of hydrogen-bond donors (Lipinski definition) is 0. The van der Waals surface area contributed by atoms with E-state index < -0.39 is 7.14 Å². The molecule has 0 fully saturated rings. The van der Waals surface area contributed by atoms with E-state index in [0.717, 1.165) is 60.0 Å². The van der Waals surface area contributed by atoms with Crippen LogP contribution in [0.4, 0.5) is 0 Å². The Morgan fingerprint density at radius 3 is 1.30 bits per heavy atom. The number of benzene rings is 5. The molecule has 3 nitrogen and oxygen atoms in total. The van der Waals surface area contributed by atoms with Crippen molar-refractivity contribution in [1.82, 2.24) is 9.97 Å². The van der Waals surface area contributed by atoms with Crippen LogP contribution in [-0.4, -0.2) is 9.97 Å². The molecule has 4 heteroatoms. The lowest BCUT2D eigenvalue weighted by molar-refractivity contribution is 0.592. The maximum absolute atomic E-state index is 15.1. The second-order valence-electron chi connectivity index (χ2n) is 9.80. The predicted molar refractivity (Wildman–Crippen MR) is 167 cm³/mol. The van der Waals surface area contributed by atoms with Crippen molar-refractivity contribution < 1.29 is 4.57 Å². The minimum absolute atomic E-state index is 0.801. The zero-order valence-electron chi connectivity index (χ0n) is 21.7. The molecule has 2 aromatic heterocycles. The predicted octanol–water partition coefficient (Wildman–Crippen LogP) is 7.76. The van der Waals surface area contributed by atoms with Gasteiger partial charge in [0.15, 0.2) is 7.14 Å². The van der Waals surface area contributed by atoms with Crippen LogP contribution in [0.25, 0.3) is 44.1 Å². The lowest BCUT2D eigenvalue weighted by Gasteiger charge is -2.21. The Morgan fingerprint density at radius 2 is 0.825 bits per heavy atom. The van der Waals surface area contributed by atoms with Gasteiger partial charge in [-0.05, 0) is 23.3 Å². The normalized spacial score (nSPS) is 11.6. The van der Waals surface area contributed by atoms with Crippen molar-refractivity contribution in [2.24, 2.45) is 0 Å². The number of hydrogen-bond acceptors (Lipinski definition) is 3. The number of fused-ring (bicyclic) bond motifs is 2. The summed E-state index contributed by atoms with van der Waals surface area (Å²) in [6.45, 7) is 0. The Kier molecular flexibility index (Phi) is 6.07. The Labute approximate surface area is 233 Å². The summed E-state index contributed by atoms with van der Waals surface area (Å²) in [5.41, 5.74) is 6.14. The molecular formula is C36H25N2OP. The summed E-state index contributed by atoms with van der Waals surface area (Å²) in [6.07, 6.45) is 3.64. The molecule has 2 heterocycles. The smallest absolute Gasteiger partial charge is 0.171 e. The van der Waals surface area contributed by atoms with Gasteiger partial charge in [0.1, 0.15) is 0 Å². The van der Waals surface area contributed by atoms with Crippen molar-refractivity contribution in [3.8, 4) is 22.3 Å². The molecule has 0 atom stereocenters. The molecule has 0 radical (unpaired) electrons. The minimum atomic E-state index is -3.13. The SMILES string of the molecule is O=P(c1ccccc1)(c1ccc(-c2cccc3cccnc23)cc1)c1ccc(-c2cccc3cccnc23)cc1. The molecular weight excluding hydrogens is 507 g/mol. The van der Waals surface area contributed by atoms with Crippen LogP contribution in [0.5, 0.6) is 0 Å². The van der Waals surface area contributed by atoms with Crippen LogP contribution in [0.1, 0.15) is 0 Å². The first-order valence-corrected chi connectivity index (χ1v) is 15.0. The van der Waals surface area contributed by atoms with Gasteiger partial charge in [0.05, 0.1) is 11.0 Å². The van der Waals surface area contributed by atoms with E-state index in [9.17, 15) is 0 Å². The molecule has 0 saturated heterocycles. The summed E-state index contributed by atoms with van der Waals surface area (Å²) in [6, 6.07) is 46.5. The van der Waals surface area contributed by atoms with Gasteiger partial charge in [-0.15, -0.1) is 0 Å². The first-order valence-electron chi connectivity index (χ1n) is 13.3. The van der Waals surface area contributed by atoms with Crippen LogP contribution in [0.3, 0.4) is 0 Å². The number of nitrogens with zero attached hydrogens (tertiary/aromatic N) is 2. The van der Waals surface area contributed by atoms with E-state index in [0.29, 0.717) is 0 Å². The zero-order chi connectivity index (χ0) is 26.9. The topological polar surface area (TPSA) is 42.9 Å². The third-order valence-corrected chi connectivity index (χ3v) is 10.5. The van der Waals surface area contributed by atoms with Gasteiger partial charge >= 0.3 is 0 Å². The van der Waals surface area contributed by atoms with E-state index >= 15 is 4.57 Å². The molecule has 0 aliphatic rings. The Hall–Kier alpha value is -4.85. The summed E-state index contributed by atoms with van der Waals surface area (Å²) in [4.78, 5) is 9.23. The number of rotatable bonds is 5. The maximum atomic E-state index is 15.1. The molecule has 7 aromatic rings. The van der Waals surface area contributed by atoms with Crippen molar-refractivity contribution in [1.29, 1.82) is 0 Å². The molecule has 0 N–H and O–H groups in total. The molecule has 0 amide bonds. The van der Waals surface area contributed by atoms with Gasteiger partial charge in [-0.1, -0.05) is 127 Å². The molecule has 5 aromatic carbocycles. The van der Waals surface area contributed by atoms with Crippen LogP contribution in [0, 0.1) is 0 Å². The van der Waals surface area contributed by atoms with Gasteiger partial charge < -0.3 is 4.57 Å². The molecule has 0 bridgehead atoms. The monoisotopic (exact) mass is 532 g/mol. The van der Waals surface area contributed by atoms with Crippen LogP contribution >= 0.6 is 7.14 Å². The van der Waals surface area contributed by atoms with Crippen LogP contribution < -0.4 is 15.9 Å². The number of pyridine rings is 2. The zero-order valence-corrected chi connectivity index (χ0v) is 22.6. The fraction of sp³-hybridized carbons (Fsp3) is 0. The highest BCUT2D eigenvalue weighted by atomic mass is 31.2. The van der Waals surface area contributed by atoms with E-state index in [1.54, 1.807) is 0 Å². The molecule has 0 spiro atoms. The van der Waals surface area contributed by atoms with E-state index in [1.165, 1.54) is 0 Å². The van der Waals surface area contributed by atoms with Gasteiger partial charge in [0.25, 0.3) is 0 Å². The minimum Gasteiger partial charge on any atom is -0.309 e. The summed E-state index contributed by atoms with van der Waals surface area (Å²) in [5, 5.41) is 4.61. The largest absolute Gasteiger partial charge is 0.309 e. The van der Waals surface area contributed by atoms with Crippen molar-refractivity contribution in [2.75, 3.05) is 0 Å². The first kappa shape index (κ1) is 24.2. The van der Waals surface area contributed by atoms with E-state index in [4.69, 9.17) is 0 Å². The van der Waals surface area contributed by atoms with Crippen LogP contribution in [-0.2, 0) is 4.57 Å². The van der Waals surface area contributed by atoms with Gasteiger partial charge in [0.2, 0.25) is 0 Å². The molecule has 190 valence electrons. The van der Waals surface area contributed by atoms with Crippen molar-refractivity contribution >= 4 is 44.9 Å². The number of para-hydroxylation sites is 2. The molecule has 0 aliphatic heterocycles. The Balaban J connectivity index is 1.32. The highest BCUT2D eigenvalue weighted by molar-refractivity contribution is 7.85. The Bertz CT molecular complexity index is 1880. The number of aromatic nitrogens is 2.